The molecule has 1 aliphatic heterocycles. The second-order valence-corrected chi connectivity index (χ2v) is 6.74. The lowest BCUT2D eigenvalue weighted by Crippen LogP contribution is -2.46. The number of hydrogen-bond donors (Lipinski definition) is 1. The van der Waals surface area contributed by atoms with Gasteiger partial charge in [0.1, 0.15) is 0 Å². The van der Waals surface area contributed by atoms with Gasteiger partial charge in [0, 0.05) is 43.7 Å². The molecule has 0 saturated carbocycles. The summed E-state index contributed by atoms with van der Waals surface area (Å²) in [5.41, 5.74) is 2.31. The minimum atomic E-state index is 0.249. The molecule has 3 heterocycles. The van der Waals surface area contributed by atoms with E-state index < -0.39 is 0 Å². The van der Waals surface area contributed by atoms with Crippen LogP contribution in [0.4, 0.5) is 0 Å². The number of fused-ring (bicyclic) bond motifs is 1. The minimum Gasteiger partial charge on any atom is -0.344 e. The molecule has 1 atom stereocenters. The number of likely N-dealkylation sites (tertiary alicyclic amines) is 1. The zero-order valence-electron chi connectivity index (χ0n) is 12.1. The lowest BCUT2D eigenvalue weighted by atomic mass is 10.1. The molecule has 0 radical (unpaired) electrons. The van der Waals surface area contributed by atoms with E-state index in [9.17, 15) is 4.79 Å². The molecule has 20 heavy (non-hydrogen) atoms. The molecule has 1 amide bonds. The molecule has 0 bridgehead atoms. The first kappa shape index (κ1) is 13.6. The van der Waals surface area contributed by atoms with E-state index >= 15 is 0 Å². The van der Waals surface area contributed by atoms with E-state index in [1.165, 1.54) is 10.6 Å². The highest BCUT2D eigenvalue weighted by molar-refractivity contribution is 7.17. The van der Waals surface area contributed by atoms with E-state index in [-0.39, 0.29) is 5.91 Å². The predicted octanol–water partition coefficient (Wildman–Crippen LogP) is 1.72. The SMILES string of the molecule is Cc1cn2c(CNC3CCC(=O)N(C)C3)c(C)nc2s1. The van der Waals surface area contributed by atoms with Gasteiger partial charge in [0.15, 0.2) is 4.96 Å². The Morgan fingerprint density at radius 3 is 3.05 bits per heavy atom. The van der Waals surface area contributed by atoms with Crippen LogP contribution in [0.1, 0.15) is 29.1 Å². The van der Waals surface area contributed by atoms with Gasteiger partial charge in [-0.15, -0.1) is 11.3 Å². The summed E-state index contributed by atoms with van der Waals surface area (Å²) in [6.45, 7) is 5.76. The number of nitrogens with one attached hydrogen (secondary N) is 1. The smallest absolute Gasteiger partial charge is 0.222 e. The topological polar surface area (TPSA) is 49.6 Å². The average molecular weight is 292 g/mol. The molecule has 0 aromatic carbocycles. The summed E-state index contributed by atoms with van der Waals surface area (Å²) in [4.78, 5) is 20.2. The zero-order valence-corrected chi connectivity index (χ0v) is 13.0. The molecule has 1 N–H and O–H groups in total. The van der Waals surface area contributed by atoms with Gasteiger partial charge in [-0.05, 0) is 20.3 Å². The summed E-state index contributed by atoms with van der Waals surface area (Å²) in [7, 11) is 1.88. The van der Waals surface area contributed by atoms with Crippen LogP contribution in [-0.4, -0.2) is 39.8 Å². The maximum absolute atomic E-state index is 11.5. The Balaban J connectivity index is 1.70. The van der Waals surface area contributed by atoms with E-state index in [0.29, 0.717) is 12.5 Å². The number of carbonyl (C=O) groups excluding carboxylic acids is 1. The summed E-state index contributed by atoms with van der Waals surface area (Å²) in [5.74, 6) is 0.249. The number of likely N-dealkylation sites (N-methyl/N-ethyl adjacent to an activating group) is 1. The molecule has 1 aliphatic rings. The van der Waals surface area contributed by atoms with E-state index in [2.05, 4.69) is 34.7 Å². The van der Waals surface area contributed by atoms with Crippen LogP contribution in [0.3, 0.4) is 0 Å². The van der Waals surface area contributed by atoms with Crippen molar-refractivity contribution in [3.63, 3.8) is 0 Å². The lowest BCUT2D eigenvalue weighted by molar-refractivity contribution is -0.132. The van der Waals surface area contributed by atoms with Gasteiger partial charge in [0.25, 0.3) is 0 Å². The van der Waals surface area contributed by atoms with Gasteiger partial charge in [0.05, 0.1) is 11.4 Å². The first-order valence-electron chi connectivity index (χ1n) is 6.96. The van der Waals surface area contributed by atoms with Gasteiger partial charge in [-0.2, -0.15) is 0 Å². The highest BCUT2D eigenvalue weighted by Crippen LogP contribution is 2.21. The number of nitrogens with zero attached hydrogens (tertiary/aromatic N) is 3. The number of aromatic nitrogens is 2. The van der Waals surface area contributed by atoms with E-state index in [4.69, 9.17) is 0 Å². The summed E-state index contributed by atoms with van der Waals surface area (Å²) in [6, 6.07) is 0.377. The summed E-state index contributed by atoms with van der Waals surface area (Å²) in [6.07, 6.45) is 3.72. The highest BCUT2D eigenvalue weighted by Gasteiger charge is 2.23. The van der Waals surface area contributed by atoms with Crippen molar-refractivity contribution >= 4 is 22.2 Å². The van der Waals surface area contributed by atoms with Crippen LogP contribution in [0.15, 0.2) is 6.20 Å². The fraction of sp³-hybridized carbons (Fsp3) is 0.571. The van der Waals surface area contributed by atoms with Crippen molar-refractivity contribution in [1.82, 2.24) is 19.6 Å². The molecular formula is C14H20N4OS. The minimum absolute atomic E-state index is 0.249. The summed E-state index contributed by atoms with van der Waals surface area (Å²) >= 11 is 1.72. The normalized spacial score (nSPS) is 20.1. The molecule has 6 heteroatoms. The number of carbonyl (C=O) groups is 1. The molecule has 2 aromatic heterocycles. The van der Waals surface area contributed by atoms with Crippen molar-refractivity contribution in [3.05, 3.63) is 22.5 Å². The van der Waals surface area contributed by atoms with Crippen molar-refractivity contribution in [2.75, 3.05) is 13.6 Å². The third kappa shape index (κ3) is 2.45. The summed E-state index contributed by atoms with van der Waals surface area (Å²) in [5, 5.41) is 3.57. The molecule has 1 unspecified atom stereocenters. The average Bonchev–Trinajstić information content (AvgIpc) is 2.87. The molecule has 0 spiro atoms. The number of amides is 1. The Morgan fingerprint density at radius 1 is 1.50 bits per heavy atom. The van der Waals surface area contributed by atoms with Crippen LogP contribution in [0, 0.1) is 13.8 Å². The Kier molecular flexibility index (Phi) is 3.52. The lowest BCUT2D eigenvalue weighted by Gasteiger charge is -2.30. The maximum atomic E-state index is 11.5. The monoisotopic (exact) mass is 292 g/mol. The molecular weight excluding hydrogens is 272 g/mol. The van der Waals surface area contributed by atoms with Crippen molar-refractivity contribution in [3.8, 4) is 0 Å². The van der Waals surface area contributed by atoms with Gasteiger partial charge in [-0.1, -0.05) is 0 Å². The molecule has 1 fully saturated rings. The Labute approximate surface area is 122 Å². The second kappa shape index (κ2) is 5.18. The number of imidazole rings is 1. The van der Waals surface area contributed by atoms with Crippen LogP contribution in [0.5, 0.6) is 0 Å². The largest absolute Gasteiger partial charge is 0.344 e. The fourth-order valence-corrected chi connectivity index (χ4v) is 3.63. The molecule has 5 nitrogen and oxygen atoms in total. The third-order valence-corrected chi connectivity index (χ3v) is 4.82. The Hall–Kier alpha value is -1.40. The van der Waals surface area contributed by atoms with Crippen LogP contribution in [0.2, 0.25) is 0 Å². The van der Waals surface area contributed by atoms with Crippen LogP contribution < -0.4 is 5.32 Å². The summed E-state index contributed by atoms with van der Waals surface area (Å²) < 4.78 is 2.18. The molecule has 0 aliphatic carbocycles. The van der Waals surface area contributed by atoms with Gasteiger partial charge < -0.3 is 10.2 Å². The third-order valence-electron chi connectivity index (χ3n) is 3.93. The van der Waals surface area contributed by atoms with Crippen molar-refractivity contribution in [2.45, 2.75) is 39.3 Å². The first-order chi connectivity index (χ1) is 9.54. The number of thiazole rings is 1. The predicted molar refractivity (Wildman–Crippen MR) is 80.0 cm³/mol. The Bertz CT molecular complexity index is 645. The first-order valence-corrected chi connectivity index (χ1v) is 7.77. The van der Waals surface area contributed by atoms with Crippen molar-refractivity contribution < 1.29 is 4.79 Å². The number of piperidine rings is 1. The molecule has 3 rings (SSSR count). The van der Waals surface area contributed by atoms with Gasteiger partial charge in [-0.3, -0.25) is 9.20 Å². The van der Waals surface area contributed by atoms with Gasteiger partial charge in [-0.25, -0.2) is 4.98 Å². The Morgan fingerprint density at radius 2 is 2.30 bits per heavy atom. The van der Waals surface area contributed by atoms with Crippen LogP contribution in [-0.2, 0) is 11.3 Å². The second-order valence-electron chi connectivity index (χ2n) is 5.53. The molecule has 2 aromatic rings. The highest BCUT2D eigenvalue weighted by atomic mass is 32.1. The van der Waals surface area contributed by atoms with Gasteiger partial charge in [0.2, 0.25) is 5.91 Å². The van der Waals surface area contributed by atoms with E-state index in [1.54, 1.807) is 11.3 Å². The number of aryl methyl sites for hydroxylation is 2. The van der Waals surface area contributed by atoms with Crippen molar-refractivity contribution in [1.29, 1.82) is 0 Å². The standard InChI is InChI=1S/C14H20N4OS/c1-9-7-18-12(10(2)16-14(18)20-9)6-15-11-4-5-13(19)17(3)8-11/h7,11,15H,4-6,8H2,1-3H3. The van der Waals surface area contributed by atoms with E-state index in [0.717, 1.165) is 30.2 Å². The van der Waals surface area contributed by atoms with Crippen molar-refractivity contribution in [2.24, 2.45) is 0 Å². The molecule has 108 valence electrons. The number of rotatable bonds is 3. The van der Waals surface area contributed by atoms with Gasteiger partial charge >= 0.3 is 0 Å². The van der Waals surface area contributed by atoms with E-state index in [1.807, 2.05) is 11.9 Å². The van der Waals surface area contributed by atoms with Crippen LogP contribution in [0.25, 0.3) is 4.96 Å². The van der Waals surface area contributed by atoms with Crippen LogP contribution >= 0.6 is 11.3 Å². The molecule has 1 saturated heterocycles. The maximum Gasteiger partial charge on any atom is 0.222 e. The fourth-order valence-electron chi connectivity index (χ4n) is 2.74. The zero-order chi connectivity index (χ0) is 14.3. The quantitative estimate of drug-likeness (QED) is 0.937. The number of hydrogen-bond acceptors (Lipinski definition) is 4.